The van der Waals surface area contributed by atoms with Crippen LogP contribution in [-0.4, -0.2) is 33.0 Å². The number of carboxylic acid groups (broad SMARTS) is 1. The third-order valence-electron chi connectivity index (χ3n) is 3.88. The zero-order chi connectivity index (χ0) is 12.5. The van der Waals surface area contributed by atoms with Crippen molar-refractivity contribution in [2.45, 2.75) is 55.7 Å². The molecule has 0 aromatic heterocycles. The van der Waals surface area contributed by atoms with Crippen molar-refractivity contribution in [1.29, 1.82) is 0 Å². The van der Waals surface area contributed by atoms with E-state index < -0.39 is 11.5 Å². The number of aliphatic carboxylic acids is 1. The predicted octanol–water partition coefficient (Wildman–Crippen LogP) is 1.79. The summed E-state index contributed by atoms with van der Waals surface area (Å²) in [5.74, 6) is 0.228. The van der Waals surface area contributed by atoms with E-state index in [9.17, 15) is 9.59 Å². The molecule has 1 atom stereocenters. The van der Waals surface area contributed by atoms with Crippen LogP contribution >= 0.6 is 11.8 Å². The molecule has 0 bridgehead atoms. The molecule has 1 amide bonds. The van der Waals surface area contributed by atoms with Gasteiger partial charge in [-0.25, -0.2) is 0 Å². The molecule has 1 aliphatic heterocycles. The number of hydrogen-bond donors (Lipinski definition) is 2. The van der Waals surface area contributed by atoms with Crippen LogP contribution in [0.1, 0.15) is 45.4 Å². The molecule has 0 aromatic rings. The van der Waals surface area contributed by atoms with Gasteiger partial charge in [0.15, 0.2) is 0 Å². The summed E-state index contributed by atoms with van der Waals surface area (Å²) in [7, 11) is 0. The molecule has 96 valence electrons. The lowest BCUT2D eigenvalue weighted by Crippen LogP contribution is -2.58. The summed E-state index contributed by atoms with van der Waals surface area (Å²) in [5.41, 5.74) is -0.463. The second kappa shape index (κ2) is 4.52. The van der Waals surface area contributed by atoms with Gasteiger partial charge < -0.3 is 10.4 Å². The average molecular weight is 257 g/mol. The Kier molecular flexibility index (Phi) is 3.39. The minimum Gasteiger partial charge on any atom is -0.481 e. The first-order valence-electron chi connectivity index (χ1n) is 6.14. The first-order chi connectivity index (χ1) is 7.96. The monoisotopic (exact) mass is 257 g/mol. The van der Waals surface area contributed by atoms with Crippen LogP contribution in [0.5, 0.6) is 0 Å². The quantitative estimate of drug-likeness (QED) is 0.805. The predicted molar refractivity (Wildman–Crippen MR) is 67.1 cm³/mol. The van der Waals surface area contributed by atoms with Crippen LogP contribution in [0.3, 0.4) is 0 Å². The maximum atomic E-state index is 12.2. The molecular weight excluding hydrogens is 238 g/mol. The van der Waals surface area contributed by atoms with E-state index in [1.165, 1.54) is 0 Å². The molecule has 0 spiro atoms. The van der Waals surface area contributed by atoms with Crippen molar-refractivity contribution in [3.8, 4) is 0 Å². The molecule has 1 saturated heterocycles. The van der Waals surface area contributed by atoms with E-state index in [1.54, 1.807) is 11.8 Å². The van der Waals surface area contributed by atoms with E-state index >= 15 is 0 Å². The topological polar surface area (TPSA) is 66.4 Å². The Morgan fingerprint density at radius 3 is 2.41 bits per heavy atom. The largest absolute Gasteiger partial charge is 0.481 e. The highest BCUT2D eigenvalue weighted by Crippen LogP contribution is 2.41. The lowest BCUT2D eigenvalue weighted by Gasteiger charge is -2.43. The van der Waals surface area contributed by atoms with Gasteiger partial charge in [-0.3, -0.25) is 9.59 Å². The number of thioether (sulfide) groups is 1. The maximum absolute atomic E-state index is 12.2. The van der Waals surface area contributed by atoms with Gasteiger partial charge in [0.2, 0.25) is 5.91 Å². The summed E-state index contributed by atoms with van der Waals surface area (Å²) >= 11 is 1.69. The summed E-state index contributed by atoms with van der Waals surface area (Å²) in [6.07, 6.45) is 4.63. The van der Waals surface area contributed by atoms with Crippen molar-refractivity contribution < 1.29 is 14.7 Å². The minimum absolute atomic E-state index is 0.0287. The summed E-state index contributed by atoms with van der Waals surface area (Å²) in [4.78, 5) is 23.1. The van der Waals surface area contributed by atoms with E-state index in [0.717, 1.165) is 37.9 Å². The Morgan fingerprint density at radius 2 is 2.00 bits per heavy atom. The van der Waals surface area contributed by atoms with Crippen LogP contribution in [0.25, 0.3) is 0 Å². The van der Waals surface area contributed by atoms with Gasteiger partial charge >= 0.3 is 5.97 Å². The Morgan fingerprint density at radius 1 is 1.29 bits per heavy atom. The molecule has 1 aliphatic carbocycles. The van der Waals surface area contributed by atoms with Gasteiger partial charge in [0.05, 0.1) is 16.7 Å². The first kappa shape index (κ1) is 12.7. The molecule has 2 rings (SSSR count). The fourth-order valence-electron chi connectivity index (χ4n) is 2.57. The lowest BCUT2D eigenvalue weighted by atomic mass is 9.74. The number of nitrogens with one attached hydrogen (secondary N) is 1. The third-order valence-corrected chi connectivity index (χ3v) is 5.40. The molecule has 1 saturated carbocycles. The van der Waals surface area contributed by atoms with Gasteiger partial charge in [0.1, 0.15) is 0 Å². The Bertz CT molecular complexity index is 333. The fourth-order valence-corrected chi connectivity index (χ4v) is 3.78. The van der Waals surface area contributed by atoms with Crippen molar-refractivity contribution in [3.05, 3.63) is 0 Å². The van der Waals surface area contributed by atoms with Crippen molar-refractivity contribution in [2.24, 2.45) is 0 Å². The summed E-state index contributed by atoms with van der Waals surface area (Å²) in [6.45, 7) is 1.97. The van der Waals surface area contributed by atoms with Gasteiger partial charge in [-0.15, -0.1) is 11.8 Å². The standard InChI is InChI=1S/C12H19NO3S/c1-11(4-3-7-17-11)10(16)13-12(5-2-6-12)8-9(14)15/h2-8H2,1H3,(H,13,16)(H,14,15). The molecule has 0 radical (unpaired) electrons. The molecule has 1 heterocycles. The second-order valence-corrected chi connectivity index (χ2v) is 6.94. The molecular formula is C12H19NO3S. The molecule has 0 aromatic carbocycles. The molecule has 17 heavy (non-hydrogen) atoms. The zero-order valence-electron chi connectivity index (χ0n) is 10.1. The van der Waals surface area contributed by atoms with E-state index in [4.69, 9.17) is 5.11 Å². The maximum Gasteiger partial charge on any atom is 0.305 e. The lowest BCUT2D eigenvalue weighted by molar-refractivity contribution is -0.140. The Balaban J connectivity index is 1.99. The van der Waals surface area contributed by atoms with E-state index in [2.05, 4.69) is 5.32 Å². The second-order valence-electron chi connectivity index (χ2n) is 5.34. The molecule has 1 unspecified atom stereocenters. The smallest absolute Gasteiger partial charge is 0.305 e. The van der Waals surface area contributed by atoms with Crippen LogP contribution < -0.4 is 5.32 Å². The van der Waals surface area contributed by atoms with Crippen LogP contribution in [-0.2, 0) is 9.59 Å². The zero-order valence-corrected chi connectivity index (χ0v) is 10.9. The summed E-state index contributed by atoms with van der Waals surface area (Å²) in [6, 6.07) is 0. The van der Waals surface area contributed by atoms with Crippen LogP contribution in [0.4, 0.5) is 0 Å². The summed E-state index contributed by atoms with van der Waals surface area (Å²) in [5, 5.41) is 11.9. The normalized spacial score (nSPS) is 30.6. The molecule has 2 aliphatic rings. The Labute approximate surface area is 106 Å². The van der Waals surface area contributed by atoms with E-state index in [1.807, 2.05) is 6.92 Å². The summed E-state index contributed by atoms with van der Waals surface area (Å²) < 4.78 is -0.346. The SMILES string of the molecule is CC1(C(=O)NC2(CC(=O)O)CCC2)CCCS1. The molecule has 5 heteroatoms. The molecule has 4 nitrogen and oxygen atoms in total. The van der Waals surface area contributed by atoms with Gasteiger partial charge in [0, 0.05) is 0 Å². The van der Waals surface area contributed by atoms with Crippen molar-refractivity contribution in [3.63, 3.8) is 0 Å². The number of carbonyl (C=O) groups excluding carboxylic acids is 1. The number of carbonyl (C=O) groups is 2. The van der Waals surface area contributed by atoms with Crippen LogP contribution in [0.2, 0.25) is 0 Å². The van der Waals surface area contributed by atoms with E-state index in [-0.39, 0.29) is 17.1 Å². The van der Waals surface area contributed by atoms with Crippen molar-refractivity contribution in [1.82, 2.24) is 5.32 Å². The Hall–Kier alpha value is -0.710. The van der Waals surface area contributed by atoms with Crippen LogP contribution in [0.15, 0.2) is 0 Å². The van der Waals surface area contributed by atoms with Crippen LogP contribution in [0, 0.1) is 0 Å². The highest BCUT2D eigenvalue weighted by molar-refractivity contribution is 8.01. The molecule has 2 fully saturated rings. The molecule has 2 N–H and O–H groups in total. The van der Waals surface area contributed by atoms with Crippen molar-refractivity contribution >= 4 is 23.6 Å². The number of hydrogen-bond acceptors (Lipinski definition) is 3. The van der Waals surface area contributed by atoms with Gasteiger partial charge in [-0.2, -0.15) is 0 Å². The fraction of sp³-hybridized carbons (Fsp3) is 0.833. The number of rotatable bonds is 4. The first-order valence-corrected chi connectivity index (χ1v) is 7.13. The van der Waals surface area contributed by atoms with Crippen molar-refractivity contribution in [2.75, 3.05) is 5.75 Å². The highest BCUT2D eigenvalue weighted by Gasteiger charge is 2.45. The van der Waals surface area contributed by atoms with Gasteiger partial charge in [0.25, 0.3) is 0 Å². The van der Waals surface area contributed by atoms with E-state index in [0.29, 0.717) is 0 Å². The number of amides is 1. The van der Waals surface area contributed by atoms with Gasteiger partial charge in [-0.1, -0.05) is 0 Å². The average Bonchev–Trinajstić information content (AvgIpc) is 2.62. The highest BCUT2D eigenvalue weighted by atomic mass is 32.2. The number of carboxylic acids is 1. The third kappa shape index (κ3) is 2.59. The van der Waals surface area contributed by atoms with Gasteiger partial charge in [-0.05, 0) is 44.8 Å². The minimum atomic E-state index is -0.825.